The zero-order valence-corrected chi connectivity index (χ0v) is 11.4. The molecule has 0 spiro atoms. The summed E-state index contributed by atoms with van der Waals surface area (Å²) in [6, 6.07) is -0.278. The largest absolute Gasteiger partial charge is 0.368 e. The first kappa shape index (κ1) is 13.1. The maximum Gasteiger partial charge on any atom is 0.240 e. The van der Waals surface area contributed by atoms with E-state index in [1.807, 2.05) is 18.7 Å². The van der Waals surface area contributed by atoms with Gasteiger partial charge < -0.3 is 10.6 Å². The molecule has 1 aromatic rings. The highest BCUT2D eigenvalue weighted by Gasteiger charge is 2.31. The average Bonchev–Trinajstić information content (AvgIpc) is 2.81. The van der Waals surface area contributed by atoms with Crippen LogP contribution in [0.5, 0.6) is 0 Å². The molecule has 98 valence electrons. The molecule has 6 heteroatoms. The third kappa shape index (κ3) is 2.27. The van der Waals surface area contributed by atoms with Gasteiger partial charge in [-0.1, -0.05) is 18.5 Å². The third-order valence-corrected chi connectivity index (χ3v) is 3.64. The van der Waals surface area contributed by atoms with Gasteiger partial charge in [-0.2, -0.15) is 0 Å². The van der Waals surface area contributed by atoms with E-state index in [4.69, 9.17) is 17.3 Å². The summed E-state index contributed by atoms with van der Waals surface area (Å²) >= 11 is 6.11. The monoisotopic (exact) mass is 268 g/mol. The highest BCUT2D eigenvalue weighted by Crippen LogP contribution is 2.29. The van der Waals surface area contributed by atoms with Crippen LogP contribution in [0.4, 0.5) is 5.82 Å². The molecule has 1 fully saturated rings. The summed E-state index contributed by atoms with van der Waals surface area (Å²) in [6.45, 7) is 4.62. The number of primary amides is 1. The lowest BCUT2D eigenvalue weighted by Crippen LogP contribution is -2.41. The van der Waals surface area contributed by atoms with Crippen molar-refractivity contribution in [2.75, 3.05) is 11.4 Å². The highest BCUT2D eigenvalue weighted by molar-refractivity contribution is 6.30. The van der Waals surface area contributed by atoms with Gasteiger partial charge in [-0.25, -0.2) is 9.97 Å². The van der Waals surface area contributed by atoms with Crippen molar-refractivity contribution < 1.29 is 4.79 Å². The Labute approximate surface area is 111 Å². The van der Waals surface area contributed by atoms with E-state index in [0.29, 0.717) is 17.4 Å². The van der Waals surface area contributed by atoms with E-state index in [-0.39, 0.29) is 11.9 Å². The van der Waals surface area contributed by atoms with E-state index in [1.165, 1.54) is 0 Å². The fraction of sp³-hybridized carbons (Fsp3) is 0.583. The molecular weight excluding hydrogens is 252 g/mol. The number of carbonyl (C=O) groups excluding carboxylic acids is 1. The maximum atomic E-state index is 11.4. The first-order valence-electron chi connectivity index (χ1n) is 6.13. The number of aromatic nitrogens is 2. The minimum Gasteiger partial charge on any atom is -0.368 e. The van der Waals surface area contributed by atoms with Crippen LogP contribution in [0.15, 0.2) is 0 Å². The minimum absolute atomic E-state index is 0.278. The predicted octanol–water partition coefficient (Wildman–Crippen LogP) is 1.45. The van der Waals surface area contributed by atoms with Crippen LogP contribution in [-0.4, -0.2) is 28.5 Å². The van der Waals surface area contributed by atoms with Crippen LogP contribution in [-0.2, 0) is 11.2 Å². The quantitative estimate of drug-likeness (QED) is 0.843. The number of hydrogen-bond donors (Lipinski definition) is 1. The Morgan fingerprint density at radius 3 is 2.89 bits per heavy atom. The number of carbonyl (C=O) groups is 1. The van der Waals surface area contributed by atoms with Gasteiger partial charge in [0.25, 0.3) is 0 Å². The van der Waals surface area contributed by atoms with E-state index in [2.05, 4.69) is 9.97 Å². The second-order valence-electron chi connectivity index (χ2n) is 4.49. The van der Waals surface area contributed by atoms with Gasteiger partial charge in [0.1, 0.15) is 22.8 Å². The van der Waals surface area contributed by atoms with Crippen LogP contribution < -0.4 is 10.6 Å². The van der Waals surface area contributed by atoms with Gasteiger partial charge in [0.15, 0.2) is 0 Å². The average molecular weight is 269 g/mol. The molecule has 2 N–H and O–H groups in total. The van der Waals surface area contributed by atoms with E-state index >= 15 is 0 Å². The molecule has 18 heavy (non-hydrogen) atoms. The summed E-state index contributed by atoms with van der Waals surface area (Å²) in [6.07, 6.45) is 2.43. The minimum atomic E-state index is -0.306. The normalized spacial score (nSPS) is 19.3. The number of amides is 1. The molecule has 1 unspecified atom stereocenters. The summed E-state index contributed by atoms with van der Waals surface area (Å²) in [5.41, 5.74) is 6.23. The number of nitrogens with two attached hydrogens (primary N) is 1. The molecular formula is C12H17ClN4O. The van der Waals surface area contributed by atoms with Crippen molar-refractivity contribution >= 4 is 23.3 Å². The Balaban J connectivity index is 2.43. The molecule has 2 heterocycles. The summed E-state index contributed by atoms with van der Waals surface area (Å²) in [4.78, 5) is 22.1. The summed E-state index contributed by atoms with van der Waals surface area (Å²) in [5, 5.41) is 0.451. The fourth-order valence-corrected chi connectivity index (χ4v) is 2.46. The van der Waals surface area contributed by atoms with E-state index in [9.17, 15) is 4.79 Å². The zero-order chi connectivity index (χ0) is 13.3. The molecule has 0 aromatic carbocycles. The second-order valence-corrected chi connectivity index (χ2v) is 4.84. The lowest BCUT2D eigenvalue weighted by molar-refractivity contribution is -0.119. The van der Waals surface area contributed by atoms with Crippen molar-refractivity contribution in [3.05, 3.63) is 16.5 Å². The van der Waals surface area contributed by atoms with Crippen molar-refractivity contribution in [1.82, 2.24) is 9.97 Å². The molecule has 1 amide bonds. The number of aryl methyl sites for hydroxylation is 1. The van der Waals surface area contributed by atoms with Crippen molar-refractivity contribution in [3.63, 3.8) is 0 Å². The van der Waals surface area contributed by atoms with Crippen LogP contribution in [0.25, 0.3) is 0 Å². The van der Waals surface area contributed by atoms with Gasteiger partial charge >= 0.3 is 0 Å². The van der Waals surface area contributed by atoms with Gasteiger partial charge in [0.2, 0.25) is 5.91 Å². The molecule has 1 atom stereocenters. The molecule has 1 aliphatic heterocycles. The Kier molecular flexibility index (Phi) is 3.71. The standard InChI is InChI=1S/C12H17ClN4O/c1-3-9-15-10(13)7(2)12(16-9)17-6-4-5-8(17)11(14)18/h8H,3-6H2,1-2H3,(H2,14,18). The Bertz CT molecular complexity index is 477. The van der Waals surface area contributed by atoms with E-state index < -0.39 is 0 Å². The zero-order valence-electron chi connectivity index (χ0n) is 10.6. The molecule has 2 rings (SSSR count). The summed E-state index contributed by atoms with van der Waals surface area (Å²) in [5.74, 6) is 1.13. The van der Waals surface area contributed by atoms with Crippen LogP contribution in [0.3, 0.4) is 0 Å². The first-order chi connectivity index (χ1) is 8.54. The van der Waals surface area contributed by atoms with E-state index in [0.717, 1.165) is 30.8 Å². The van der Waals surface area contributed by atoms with Gasteiger partial charge in [0, 0.05) is 18.5 Å². The lowest BCUT2D eigenvalue weighted by Gasteiger charge is -2.25. The Morgan fingerprint density at radius 2 is 2.28 bits per heavy atom. The van der Waals surface area contributed by atoms with Gasteiger partial charge in [-0.15, -0.1) is 0 Å². The van der Waals surface area contributed by atoms with Crippen LogP contribution in [0.1, 0.15) is 31.2 Å². The van der Waals surface area contributed by atoms with Crippen molar-refractivity contribution in [2.24, 2.45) is 5.73 Å². The third-order valence-electron chi connectivity index (χ3n) is 3.28. The smallest absolute Gasteiger partial charge is 0.240 e. The van der Waals surface area contributed by atoms with Crippen LogP contribution in [0.2, 0.25) is 5.15 Å². The SMILES string of the molecule is CCc1nc(Cl)c(C)c(N2CCCC2C(N)=O)n1. The molecule has 5 nitrogen and oxygen atoms in total. The number of anilines is 1. The molecule has 0 bridgehead atoms. The van der Waals surface area contributed by atoms with Gasteiger partial charge in [0.05, 0.1) is 0 Å². The number of halogens is 1. The van der Waals surface area contributed by atoms with E-state index in [1.54, 1.807) is 0 Å². The topological polar surface area (TPSA) is 72.1 Å². The fourth-order valence-electron chi connectivity index (χ4n) is 2.27. The maximum absolute atomic E-state index is 11.4. The van der Waals surface area contributed by atoms with Gasteiger partial charge in [-0.05, 0) is 19.8 Å². The summed E-state index contributed by atoms with van der Waals surface area (Å²) in [7, 11) is 0. The van der Waals surface area contributed by atoms with Crippen LogP contribution in [0, 0.1) is 6.92 Å². The molecule has 0 aliphatic carbocycles. The molecule has 1 aliphatic rings. The molecule has 1 saturated heterocycles. The lowest BCUT2D eigenvalue weighted by atomic mass is 10.2. The van der Waals surface area contributed by atoms with Crippen molar-refractivity contribution in [2.45, 2.75) is 39.2 Å². The number of nitrogens with zero attached hydrogens (tertiary/aromatic N) is 3. The Hall–Kier alpha value is -1.36. The first-order valence-corrected chi connectivity index (χ1v) is 6.51. The van der Waals surface area contributed by atoms with Crippen LogP contribution >= 0.6 is 11.6 Å². The number of rotatable bonds is 3. The molecule has 0 radical (unpaired) electrons. The van der Waals surface area contributed by atoms with Gasteiger partial charge in [-0.3, -0.25) is 4.79 Å². The number of hydrogen-bond acceptors (Lipinski definition) is 4. The van der Waals surface area contributed by atoms with Crippen molar-refractivity contribution in [1.29, 1.82) is 0 Å². The second kappa shape index (κ2) is 5.10. The summed E-state index contributed by atoms with van der Waals surface area (Å²) < 4.78 is 0. The predicted molar refractivity (Wildman–Crippen MR) is 70.7 cm³/mol. The van der Waals surface area contributed by atoms with Crippen molar-refractivity contribution in [3.8, 4) is 0 Å². The Morgan fingerprint density at radius 1 is 1.56 bits per heavy atom. The molecule has 1 aromatic heterocycles. The molecule has 0 saturated carbocycles. The highest BCUT2D eigenvalue weighted by atomic mass is 35.5.